The van der Waals surface area contributed by atoms with Gasteiger partial charge in [-0.25, -0.2) is 19.0 Å². The number of ether oxygens (including phenoxy) is 3. The summed E-state index contributed by atoms with van der Waals surface area (Å²) in [6.45, 7) is 10.2. The van der Waals surface area contributed by atoms with Gasteiger partial charge in [-0.1, -0.05) is 6.07 Å². The molecular formula is C27H33FN3O7Si+. The zero-order valence-corrected chi connectivity index (χ0v) is 23.6. The van der Waals surface area contributed by atoms with Crippen LogP contribution in [0.5, 0.6) is 11.5 Å². The molecule has 0 saturated heterocycles. The fraction of sp³-hybridized carbons (Fsp3) is 0.407. The van der Waals surface area contributed by atoms with Gasteiger partial charge < -0.3 is 29.2 Å². The van der Waals surface area contributed by atoms with E-state index in [0.717, 1.165) is 12.1 Å². The van der Waals surface area contributed by atoms with Crippen LogP contribution in [0.3, 0.4) is 0 Å². The Hall–Kier alpha value is -3.77. The lowest BCUT2D eigenvalue weighted by atomic mass is 10.1. The number of pyridine rings is 1. The zero-order valence-electron chi connectivity index (χ0n) is 22.6. The Balaban J connectivity index is 1.78. The van der Waals surface area contributed by atoms with E-state index in [1.807, 2.05) is 0 Å². The predicted molar refractivity (Wildman–Crippen MR) is 144 cm³/mol. The maximum atomic E-state index is 15.0. The number of carboxylic acids is 1. The first kappa shape index (κ1) is 29.8. The number of carbonyl (C=O) groups excluding carboxylic acids is 2. The summed E-state index contributed by atoms with van der Waals surface area (Å²) in [5.41, 5.74) is 0.302. The van der Waals surface area contributed by atoms with E-state index in [2.05, 4.69) is 23.4 Å². The van der Waals surface area contributed by atoms with Gasteiger partial charge in [-0.3, -0.25) is 4.79 Å². The van der Waals surface area contributed by atoms with Crippen molar-refractivity contribution >= 4 is 38.2 Å². The highest BCUT2D eigenvalue weighted by atomic mass is 28.3. The highest BCUT2D eigenvalue weighted by Gasteiger charge is 2.25. The lowest BCUT2D eigenvalue weighted by molar-refractivity contribution is -0.139. The molecule has 3 rings (SSSR count). The van der Waals surface area contributed by atoms with Crippen molar-refractivity contribution in [3.05, 3.63) is 53.6 Å². The molecule has 0 radical (unpaired) electrons. The van der Waals surface area contributed by atoms with Gasteiger partial charge in [0.1, 0.15) is 29.8 Å². The number of hydrogen-bond donors (Lipinski definition) is 2. The molecule has 208 valence electrons. The Labute approximate surface area is 227 Å². The van der Waals surface area contributed by atoms with Crippen molar-refractivity contribution in [2.75, 3.05) is 6.61 Å². The highest BCUT2D eigenvalue weighted by molar-refractivity contribution is 6.55. The van der Waals surface area contributed by atoms with E-state index in [-0.39, 0.29) is 24.7 Å². The SMILES string of the molecule is C[Si+](C)CCOCn1cc(C=O)c2c(Oc3ccc(C[C@H](NC(=O)OC(C)(C)C)C(=O)O)cc3F)ccnc21. The van der Waals surface area contributed by atoms with Crippen molar-refractivity contribution in [3.63, 3.8) is 0 Å². The smallest absolute Gasteiger partial charge is 0.408 e. The number of alkyl carbamates (subject to hydrolysis) is 1. The van der Waals surface area contributed by atoms with Gasteiger partial charge in [-0.2, -0.15) is 0 Å². The molecule has 0 unspecified atom stereocenters. The summed E-state index contributed by atoms with van der Waals surface area (Å²) in [6.07, 6.45) is 2.72. The van der Waals surface area contributed by atoms with E-state index in [9.17, 15) is 19.5 Å². The van der Waals surface area contributed by atoms with Crippen molar-refractivity contribution in [2.24, 2.45) is 0 Å². The lowest BCUT2D eigenvalue weighted by Crippen LogP contribution is -2.44. The normalized spacial score (nSPS) is 12.2. The number of nitrogens with zero attached hydrogens (tertiary/aromatic N) is 2. The van der Waals surface area contributed by atoms with Gasteiger partial charge in [0.25, 0.3) is 0 Å². The molecule has 0 spiro atoms. The average molecular weight is 559 g/mol. The van der Waals surface area contributed by atoms with Crippen molar-refractivity contribution in [3.8, 4) is 11.5 Å². The molecule has 0 saturated carbocycles. The molecule has 10 nitrogen and oxygen atoms in total. The first-order valence-electron chi connectivity index (χ1n) is 12.4. The molecule has 2 aromatic heterocycles. The van der Waals surface area contributed by atoms with E-state index < -0.39 is 38.3 Å². The molecule has 12 heteroatoms. The number of nitrogens with one attached hydrogen (secondary N) is 1. The number of benzene rings is 1. The molecule has 2 heterocycles. The molecule has 0 aliphatic rings. The molecule has 1 aromatic carbocycles. The number of amides is 1. The Morgan fingerprint density at radius 3 is 2.59 bits per heavy atom. The molecule has 3 aromatic rings. The van der Waals surface area contributed by atoms with Gasteiger partial charge in [-0.15, -0.1) is 0 Å². The van der Waals surface area contributed by atoms with Gasteiger partial charge in [0.2, 0.25) is 0 Å². The third kappa shape index (κ3) is 8.36. The summed E-state index contributed by atoms with van der Waals surface area (Å²) in [4.78, 5) is 39.8. The summed E-state index contributed by atoms with van der Waals surface area (Å²) >= 11 is 0. The zero-order chi connectivity index (χ0) is 28.7. The Morgan fingerprint density at radius 1 is 1.23 bits per heavy atom. The van der Waals surface area contributed by atoms with Crippen LogP contribution in [0.4, 0.5) is 9.18 Å². The van der Waals surface area contributed by atoms with E-state index in [4.69, 9.17) is 14.2 Å². The van der Waals surface area contributed by atoms with Crippen molar-refractivity contribution in [1.29, 1.82) is 0 Å². The van der Waals surface area contributed by atoms with Crippen molar-refractivity contribution < 1.29 is 38.1 Å². The van der Waals surface area contributed by atoms with Crippen LogP contribution in [-0.2, 0) is 27.4 Å². The molecule has 0 bridgehead atoms. The van der Waals surface area contributed by atoms with E-state index >= 15 is 4.39 Å². The second-order valence-electron chi connectivity index (χ2n) is 10.3. The van der Waals surface area contributed by atoms with Crippen LogP contribution < -0.4 is 10.1 Å². The Morgan fingerprint density at radius 2 is 1.97 bits per heavy atom. The molecule has 2 N–H and O–H groups in total. The number of aromatic nitrogens is 2. The van der Waals surface area contributed by atoms with Crippen LogP contribution in [0.25, 0.3) is 11.0 Å². The third-order valence-corrected chi connectivity index (χ3v) is 6.70. The van der Waals surface area contributed by atoms with E-state index in [1.54, 1.807) is 31.5 Å². The van der Waals surface area contributed by atoms with Gasteiger partial charge in [0.15, 0.2) is 17.9 Å². The predicted octanol–water partition coefficient (Wildman–Crippen LogP) is 5.03. The van der Waals surface area contributed by atoms with Crippen LogP contribution in [0, 0.1) is 5.82 Å². The second kappa shape index (κ2) is 12.9. The second-order valence-corrected chi connectivity index (χ2v) is 13.2. The number of rotatable bonds is 12. The van der Waals surface area contributed by atoms with Crippen LogP contribution in [0.1, 0.15) is 36.7 Å². The van der Waals surface area contributed by atoms with Gasteiger partial charge in [0, 0.05) is 24.4 Å². The first-order valence-corrected chi connectivity index (χ1v) is 15.1. The number of halogens is 1. The van der Waals surface area contributed by atoms with Crippen LogP contribution in [0.15, 0.2) is 36.7 Å². The largest absolute Gasteiger partial charge is 0.480 e. The fourth-order valence-electron chi connectivity index (χ4n) is 3.69. The summed E-state index contributed by atoms with van der Waals surface area (Å²) < 4.78 is 33.4. The molecule has 0 aliphatic carbocycles. The number of aliphatic carboxylic acids is 1. The lowest BCUT2D eigenvalue weighted by Gasteiger charge is -2.22. The highest BCUT2D eigenvalue weighted by Crippen LogP contribution is 2.33. The summed E-state index contributed by atoms with van der Waals surface area (Å²) in [7, 11) is -0.416. The van der Waals surface area contributed by atoms with Gasteiger partial charge in [-0.05, 0) is 44.5 Å². The number of carboxylic acid groups (broad SMARTS) is 1. The molecular weight excluding hydrogens is 525 g/mol. The Bertz CT molecular complexity index is 1340. The Kier molecular flexibility index (Phi) is 9.81. The first-order chi connectivity index (χ1) is 18.4. The van der Waals surface area contributed by atoms with Crippen molar-refractivity contribution in [1.82, 2.24) is 14.9 Å². The number of hydrogen-bond acceptors (Lipinski definition) is 7. The quantitative estimate of drug-likeness (QED) is 0.180. The fourth-order valence-corrected chi connectivity index (χ4v) is 4.24. The van der Waals surface area contributed by atoms with E-state index in [0.29, 0.717) is 35.1 Å². The molecule has 1 amide bonds. The number of aldehydes is 1. The monoisotopic (exact) mass is 558 g/mol. The molecule has 1 atom stereocenters. The van der Waals surface area contributed by atoms with Crippen LogP contribution in [-0.4, -0.2) is 60.1 Å². The van der Waals surface area contributed by atoms with E-state index in [1.165, 1.54) is 24.4 Å². The molecule has 39 heavy (non-hydrogen) atoms. The molecule has 0 fully saturated rings. The van der Waals surface area contributed by atoms with Crippen LogP contribution in [0.2, 0.25) is 19.1 Å². The number of fused-ring (bicyclic) bond motifs is 1. The topological polar surface area (TPSA) is 129 Å². The summed E-state index contributed by atoms with van der Waals surface area (Å²) in [5.74, 6) is -1.93. The third-order valence-electron chi connectivity index (χ3n) is 5.50. The maximum absolute atomic E-state index is 15.0. The summed E-state index contributed by atoms with van der Waals surface area (Å²) in [6, 6.07) is 5.19. The van der Waals surface area contributed by atoms with Gasteiger partial charge in [0.05, 0.1) is 31.1 Å². The average Bonchev–Trinajstić information content (AvgIpc) is 3.20. The van der Waals surface area contributed by atoms with Crippen molar-refractivity contribution in [2.45, 2.75) is 64.7 Å². The molecule has 0 aliphatic heterocycles. The minimum absolute atomic E-state index is 0.125. The minimum Gasteiger partial charge on any atom is -0.480 e. The number of carbonyl (C=O) groups is 3. The standard InChI is InChI=1S/C27H32FN3O7Si/c1-27(2,3)38-26(35)30-20(25(33)34)13-17-6-7-21(19(28)12-17)37-22-8-9-29-24-23(22)18(15-32)14-31(24)16-36-10-11-39(4)5/h6-9,12,14-15,20H,10-11,13,16H2,1-5H3,(H-,30,33,34,35)/p+1/t20-/m0/s1. The summed E-state index contributed by atoms with van der Waals surface area (Å²) in [5, 5.41) is 12.2. The van der Waals surface area contributed by atoms with Crippen LogP contribution >= 0.6 is 0 Å². The van der Waals surface area contributed by atoms with Gasteiger partial charge >= 0.3 is 20.9 Å². The minimum atomic E-state index is -1.33. The maximum Gasteiger partial charge on any atom is 0.408 e.